The lowest BCUT2D eigenvalue weighted by Crippen LogP contribution is -2.50. The number of nitrogens with one attached hydrogen (secondary N) is 1. The second-order valence-corrected chi connectivity index (χ2v) is 12.0. The molecule has 32 heavy (non-hydrogen) atoms. The quantitative estimate of drug-likeness (QED) is 0.553. The molecule has 5 nitrogen and oxygen atoms in total. The number of thioether (sulfide) groups is 1. The number of rotatable bonds is 6. The molecule has 2 aromatic rings. The van der Waals surface area contributed by atoms with Crippen LogP contribution < -0.4 is 10.2 Å². The standard InChI is InChI=1S/C25H36N4OS2/c1-25(2,3)22-17-31-24(27-22)32-18-23(30)26-19-9-11-21(12-10-19)29-15-13-28(14-16-29)20-7-5-4-6-8-20/h9-12,17,20H,4-8,13-16,18H2,1-3H3,(H,26,30). The Morgan fingerprint density at radius 2 is 1.78 bits per heavy atom. The molecule has 1 aliphatic carbocycles. The second kappa shape index (κ2) is 10.6. The Morgan fingerprint density at radius 3 is 2.41 bits per heavy atom. The first kappa shape index (κ1) is 23.6. The highest BCUT2D eigenvalue weighted by molar-refractivity contribution is 8.01. The maximum Gasteiger partial charge on any atom is 0.234 e. The third kappa shape index (κ3) is 6.27. The summed E-state index contributed by atoms with van der Waals surface area (Å²) in [5, 5.41) is 5.11. The van der Waals surface area contributed by atoms with Gasteiger partial charge in [-0.25, -0.2) is 4.98 Å². The van der Waals surface area contributed by atoms with Crippen LogP contribution in [0, 0.1) is 0 Å². The van der Waals surface area contributed by atoms with Crippen LogP contribution in [0.4, 0.5) is 11.4 Å². The van der Waals surface area contributed by atoms with E-state index in [0.29, 0.717) is 5.75 Å². The fourth-order valence-electron chi connectivity index (χ4n) is 4.54. The molecule has 0 unspecified atom stereocenters. The Kier molecular flexibility index (Phi) is 7.79. The molecule has 1 aromatic heterocycles. The minimum Gasteiger partial charge on any atom is -0.369 e. The van der Waals surface area contributed by atoms with Crippen molar-refractivity contribution in [3.8, 4) is 0 Å². The van der Waals surface area contributed by atoms with E-state index >= 15 is 0 Å². The predicted molar refractivity (Wildman–Crippen MR) is 137 cm³/mol. The number of carbonyl (C=O) groups is 1. The highest BCUT2D eigenvalue weighted by atomic mass is 32.2. The van der Waals surface area contributed by atoms with Gasteiger partial charge >= 0.3 is 0 Å². The van der Waals surface area contributed by atoms with Crippen LogP contribution in [0.15, 0.2) is 34.0 Å². The molecule has 1 saturated carbocycles. The molecule has 7 heteroatoms. The summed E-state index contributed by atoms with van der Waals surface area (Å²) in [5.74, 6) is 0.387. The third-order valence-corrected chi connectivity index (χ3v) is 8.52. The normalized spacial score (nSPS) is 18.7. The van der Waals surface area contributed by atoms with Gasteiger partial charge < -0.3 is 10.2 Å². The van der Waals surface area contributed by atoms with Crippen molar-refractivity contribution in [2.45, 2.75) is 68.7 Å². The van der Waals surface area contributed by atoms with Gasteiger partial charge in [0.05, 0.1) is 11.4 Å². The van der Waals surface area contributed by atoms with Crippen molar-refractivity contribution < 1.29 is 4.79 Å². The molecule has 0 spiro atoms. The van der Waals surface area contributed by atoms with Crippen LogP contribution in [0.5, 0.6) is 0 Å². The van der Waals surface area contributed by atoms with Gasteiger partial charge in [0.25, 0.3) is 0 Å². The van der Waals surface area contributed by atoms with Gasteiger partial charge in [0.15, 0.2) is 4.34 Å². The zero-order valence-corrected chi connectivity index (χ0v) is 21.2. The molecule has 174 valence electrons. The van der Waals surface area contributed by atoms with Crippen LogP contribution in [0.25, 0.3) is 0 Å². The van der Waals surface area contributed by atoms with Gasteiger partial charge in [-0.15, -0.1) is 11.3 Å². The fourth-order valence-corrected chi connectivity index (χ4v) is 6.39. The smallest absolute Gasteiger partial charge is 0.234 e. The maximum atomic E-state index is 12.4. The van der Waals surface area contributed by atoms with Crippen molar-refractivity contribution in [1.82, 2.24) is 9.88 Å². The van der Waals surface area contributed by atoms with E-state index in [1.165, 1.54) is 49.6 Å². The van der Waals surface area contributed by atoms with Gasteiger partial charge in [-0.2, -0.15) is 0 Å². The number of amides is 1. The molecule has 1 amide bonds. The molecule has 0 radical (unpaired) electrons. The largest absolute Gasteiger partial charge is 0.369 e. The molecule has 0 bridgehead atoms. The Labute approximate surface area is 201 Å². The van der Waals surface area contributed by atoms with Crippen molar-refractivity contribution in [1.29, 1.82) is 0 Å². The second-order valence-electron chi connectivity index (χ2n) is 9.95. The molecular formula is C25H36N4OS2. The van der Waals surface area contributed by atoms with E-state index in [2.05, 4.69) is 58.4 Å². The number of nitrogens with zero attached hydrogens (tertiary/aromatic N) is 3. The lowest BCUT2D eigenvalue weighted by molar-refractivity contribution is -0.113. The van der Waals surface area contributed by atoms with Gasteiger partial charge in [0.2, 0.25) is 5.91 Å². The van der Waals surface area contributed by atoms with E-state index < -0.39 is 0 Å². The summed E-state index contributed by atoms with van der Waals surface area (Å²) in [6.07, 6.45) is 6.98. The van der Waals surface area contributed by atoms with Gasteiger partial charge in [-0.3, -0.25) is 9.69 Å². The zero-order chi connectivity index (χ0) is 22.6. The zero-order valence-electron chi connectivity index (χ0n) is 19.6. The van der Waals surface area contributed by atoms with E-state index in [1.807, 2.05) is 12.1 Å². The number of hydrogen-bond acceptors (Lipinski definition) is 6. The van der Waals surface area contributed by atoms with Crippen molar-refractivity contribution in [2.24, 2.45) is 0 Å². The third-order valence-electron chi connectivity index (χ3n) is 6.50. The Balaban J connectivity index is 1.22. The van der Waals surface area contributed by atoms with E-state index in [1.54, 1.807) is 11.3 Å². The topological polar surface area (TPSA) is 48.5 Å². The van der Waals surface area contributed by atoms with E-state index in [4.69, 9.17) is 0 Å². The summed E-state index contributed by atoms with van der Waals surface area (Å²) in [6.45, 7) is 11.0. The van der Waals surface area contributed by atoms with E-state index in [9.17, 15) is 4.79 Å². The Hall–Kier alpha value is -1.57. The van der Waals surface area contributed by atoms with Crippen LogP contribution in [0.2, 0.25) is 0 Å². The average molecular weight is 473 g/mol. The molecule has 2 heterocycles. The van der Waals surface area contributed by atoms with Crippen molar-refractivity contribution >= 4 is 40.4 Å². The van der Waals surface area contributed by atoms with Crippen LogP contribution in [-0.2, 0) is 10.2 Å². The van der Waals surface area contributed by atoms with E-state index in [0.717, 1.165) is 47.9 Å². The molecule has 1 saturated heterocycles. The molecule has 4 rings (SSSR count). The Bertz CT molecular complexity index is 876. The van der Waals surface area contributed by atoms with Gasteiger partial charge in [0, 0.05) is 54.4 Å². The molecule has 2 fully saturated rings. The first-order valence-corrected chi connectivity index (χ1v) is 13.7. The SMILES string of the molecule is CC(C)(C)c1csc(SCC(=O)Nc2ccc(N3CCN(C4CCCCC4)CC3)cc2)n1. The monoisotopic (exact) mass is 472 g/mol. The van der Waals surface area contributed by atoms with Gasteiger partial charge in [-0.1, -0.05) is 51.8 Å². The number of aromatic nitrogens is 1. The summed E-state index contributed by atoms with van der Waals surface area (Å²) in [6, 6.07) is 9.12. The fraction of sp³-hybridized carbons (Fsp3) is 0.600. The van der Waals surface area contributed by atoms with Crippen LogP contribution in [-0.4, -0.2) is 53.8 Å². The first-order valence-electron chi connectivity index (χ1n) is 11.9. The predicted octanol–water partition coefficient (Wildman–Crippen LogP) is 5.63. The summed E-state index contributed by atoms with van der Waals surface area (Å²) < 4.78 is 0.952. The lowest BCUT2D eigenvalue weighted by atomic mass is 9.93. The molecule has 1 aromatic carbocycles. The van der Waals surface area contributed by atoms with Gasteiger partial charge in [0.1, 0.15) is 0 Å². The number of hydrogen-bond donors (Lipinski definition) is 1. The molecular weight excluding hydrogens is 436 g/mol. The van der Waals surface area contributed by atoms with Crippen molar-refractivity contribution in [2.75, 3.05) is 42.1 Å². The number of piperazine rings is 1. The van der Waals surface area contributed by atoms with E-state index in [-0.39, 0.29) is 11.3 Å². The molecule has 2 aliphatic rings. The first-order chi connectivity index (χ1) is 15.4. The number of thiazole rings is 1. The van der Waals surface area contributed by atoms with Gasteiger partial charge in [-0.05, 0) is 37.1 Å². The van der Waals surface area contributed by atoms with Crippen LogP contribution in [0.1, 0.15) is 58.6 Å². The summed E-state index contributed by atoms with van der Waals surface area (Å²) >= 11 is 3.12. The maximum absolute atomic E-state index is 12.4. The average Bonchev–Trinajstić information content (AvgIpc) is 3.29. The minimum atomic E-state index is 0.0105. The summed E-state index contributed by atoms with van der Waals surface area (Å²) in [7, 11) is 0. The number of carbonyl (C=O) groups excluding carboxylic acids is 1. The summed E-state index contributed by atoms with van der Waals surface area (Å²) in [4.78, 5) is 22.2. The lowest BCUT2D eigenvalue weighted by Gasteiger charge is -2.41. The van der Waals surface area contributed by atoms with Crippen LogP contribution in [0.3, 0.4) is 0 Å². The molecule has 1 aliphatic heterocycles. The Morgan fingerprint density at radius 1 is 1.09 bits per heavy atom. The van der Waals surface area contributed by atoms with Crippen molar-refractivity contribution in [3.63, 3.8) is 0 Å². The number of anilines is 2. The number of benzene rings is 1. The van der Waals surface area contributed by atoms with Crippen LogP contribution >= 0.6 is 23.1 Å². The highest BCUT2D eigenvalue weighted by Crippen LogP contribution is 2.29. The summed E-state index contributed by atoms with van der Waals surface area (Å²) in [5.41, 5.74) is 3.23. The minimum absolute atomic E-state index is 0.0105. The molecule has 0 atom stereocenters. The highest BCUT2D eigenvalue weighted by Gasteiger charge is 2.25. The van der Waals surface area contributed by atoms with Crippen molar-refractivity contribution in [3.05, 3.63) is 35.3 Å². The molecule has 1 N–H and O–H groups in total.